The largest absolute Gasteiger partial charge is 0.393 e. The maximum atomic E-state index is 12.8. The van der Waals surface area contributed by atoms with E-state index in [0.717, 1.165) is 5.56 Å². The van der Waals surface area contributed by atoms with Gasteiger partial charge in [0.2, 0.25) is 5.91 Å². The lowest BCUT2D eigenvalue weighted by atomic mass is 10.1. The summed E-state index contributed by atoms with van der Waals surface area (Å²) in [5.41, 5.74) is 0.867. The summed E-state index contributed by atoms with van der Waals surface area (Å²) in [5, 5.41) is 12.1. The van der Waals surface area contributed by atoms with Crippen molar-refractivity contribution in [3.05, 3.63) is 35.6 Å². The number of likely N-dealkylation sites (N-methyl/N-ethyl adjacent to an activating group) is 1. The second-order valence-corrected chi connectivity index (χ2v) is 5.22. The average Bonchev–Trinajstić information content (AvgIpc) is 2.36. The monoisotopic (exact) mass is 282 g/mol. The van der Waals surface area contributed by atoms with Crippen LogP contribution in [0, 0.1) is 5.82 Å². The van der Waals surface area contributed by atoms with Gasteiger partial charge < -0.3 is 10.4 Å². The third-order valence-corrected chi connectivity index (χ3v) is 3.09. The second-order valence-electron chi connectivity index (χ2n) is 5.22. The van der Waals surface area contributed by atoms with Crippen LogP contribution in [0.25, 0.3) is 0 Å². The zero-order valence-corrected chi connectivity index (χ0v) is 12.3. The molecule has 0 fully saturated rings. The number of aliphatic hydroxyl groups is 1. The Morgan fingerprint density at radius 3 is 2.50 bits per heavy atom. The number of halogens is 1. The van der Waals surface area contributed by atoms with Crippen LogP contribution in [0.2, 0.25) is 0 Å². The molecule has 0 bridgehead atoms. The van der Waals surface area contributed by atoms with Crippen LogP contribution in [0.4, 0.5) is 4.39 Å². The van der Waals surface area contributed by atoms with Crippen LogP contribution in [-0.2, 0) is 4.79 Å². The highest BCUT2D eigenvalue weighted by Gasteiger charge is 2.12. The lowest BCUT2D eigenvalue weighted by Gasteiger charge is -2.19. The van der Waals surface area contributed by atoms with Gasteiger partial charge in [0, 0.05) is 6.54 Å². The number of amides is 1. The Bertz CT molecular complexity index is 420. The van der Waals surface area contributed by atoms with Crippen molar-refractivity contribution in [2.24, 2.45) is 0 Å². The first-order chi connectivity index (χ1) is 9.38. The first-order valence-electron chi connectivity index (χ1n) is 6.80. The molecule has 2 atom stereocenters. The van der Waals surface area contributed by atoms with Gasteiger partial charge in [0.25, 0.3) is 0 Å². The van der Waals surface area contributed by atoms with Crippen LogP contribution in [-0.4, -0.2) is 42.2 Å². The molecule has 0 radical (unpaired) electrons. The van der Waals surface area contributed by atoms with Crippen molar-refractivity contribution in [2.45, 2.75) is 32.4 Å². The van der Waals surface area contributed by atoms with Gasteiger partial charge in [-0.15, -0.1) is 0 Å². The molecule has 0 spiro atoms. The fourth-order valence-electron chi connectivity index (χ4n) is 1.85. The molecule has 0 aliphatic heterocycles. The molecule has 4 nitrogen and oxygen atoms in total. The van der Waals surface area contributed by atoms with Gasteiger partial charge >= 0.3 is 0 Å². The summed E-state index contributed by atoms with van der Waals surface area (Å²) >= 11 is 0. The number of nitrogens with zero attached hydrogens (tertiary/aromatic N) is 1. The van der Waals surface area contributed by atoms with Crippen LogP contribution in [0.3, 0.4) is 0 Å². The standard InChI is InChI=1S/C15H23FN2O2/c1-11(19)8-9-18(3)10-15(20)17-12(2)13-4-6-14(16)7-5-13/h4-7,11-12,19H,8-10H2,1-3H3,(H,17,20). The van der Waals surface area contributed by atoms with Crippen molar-refractivity contribution in [3.63, 3.8) is 0 Å². The normalized spacial score (nSPS) is 14.1. The SMILES string of the molecule is CC(O)CCN(C)CC(=O)NC(C)c1ccc(F)cc1. The summed E-state index contributed by atoms with van der Waals surface area (Å²) in [6.07, 6.45) is 0.274. The van der Waals surface area contributed by atoms with Crippen LogP contribution >= 0.6 is 0 Å². The van der Waals surface area contributed by atoms with E-state index in [9.17, 15) is 14.3 Å². The predicted molar refractivity (Wildman–Crippen MR) is 76.8 cm³/mol. The Morgan fingerprint density at radius 1 is 1.35 bits per heavy atom. The molecule has 2 N–H and O–H groups in total. The van der Waals surface area contributed by atoms with E-state index >= 15 is 0 Å². The van der Waals surface area contributed by atoms with Gasteiger partial charge in [-0.2, -0.15) is 0 Å². The minimum atomic E-state index is -0.362. The van der Waals surface area contributed by atoms with Crippen LogP contribution < -0.4 is 5.32 Å². The van der Waals surface area contributed by atoms with Crippen molar-refractivity contribution >= 4 is 5.91 Å². The number of carbonyl (C=O) groups is 1. The number of hydrogen-bond donors (Lipinski definition) is 2. The van der Waals surface area contributed by atoms with Gasteiger partial charge in [0.1, 0.15) is 5.82 Å². The van der Waals surface area contributed by atoms with E-state index in [1.165, 1.54) is 12.1 Å². The molecule has 1 amide bonds. The Kier molecular flexibility index (Phi) is 6.61. The second kappa shape index (κ2) is 7.97. The first-order valence-corrected chi connectivity index (χ1v) is 6.80. The molecular weight excluding hydrogens is 259 g/mol. The van der Waals surface area contributed by atoms with Crippen molar-refractivity contribution in [2.75, 3.05) is 20.1 Å². The molecule has 2 unspecified atom stereocenters. The molecule has 1 aromatic carbocycles. The maximum absolute atomic E-state index is 12.8. The van der Waals surface area contributed by atoms with Gasteiger partial charge in [-0.05, 0) is 45.0 Å². The van der Waals surface area contributed by atoms with Crippen molar-refractivity contribution < 1.29 is 14.3 Å². The zero-order valence-electron chi connectivity index (χ0n) is 12.3. The Balaban J connectivity index is 2.39. The summed E-state index contributed by atoms with van der Waals surface area (Å²) in [6.45, 7) is 4.53. The number of nitrogens with one attached hydrogen (secondary N) is 1. The number of rotatable bonds is 7. The molecule has 0 heterocycles. The van der Waals surface area contributed by atoms with Crippen molar-refractivity contribution in [1.82, 2.24) is 10.2 Å². The molecule has 0 aliphatic carbocycles. The van der Waals surface area contributed by atoms with Crippen molar-refractivity contribution in [1.29, 1.82) is 0 Å². The molecule has 0 saturated carbocycles. The highest BCUT2D eigenvalue weighted by atomic mass is 19.1. The highest BCUT2D eigenvalue weighted by molar-refractivity contribution is 5.78. The fourth-order valence-corrected chi connectivity index (χ4v) is 1.85. The Labute approximate surface area is 119 Å². The molecule has 0 saturated heterocycles. The maximum Gasteiger partial charge on any atom is 0.234 e. The number of benzene rings is 1. The van der Waals surface area contributed by atoms with Gasteiger partial charge in [-0.1, -0.05) is 12.1 Å². The van der Waals surface area contributed by atoms with E-state index in [1.807, 2.05) is 18.9 Å². The van der Waals surface area contributed by atoms with Crippen LogP contribution in [0.15, 0.2) is 24.3 Å². The van der Waals surface area contributed by atoms with Crippen LogP contribution in [0.1, 0.15) is 31.9 Å². The predicted octanol–water partition coefficient (Wildman–Crippen LogP) is 1.71. The molecule has 112 valence electrons. The smallest absolute Gasteiger partial charge is 0.234 e. The Morgan fingerprint density at radius 2 is 1.95 bits per heavy atom. The molecular formula is C15H23FN2O2. The van der Waals surface area contributed by atoms with Gasteiger partial charge in [-0.25, -0.2) is 4.39 Å². The molecule has 0 aliphatic rings. The number of carbonyl (C=O) groups excluding carboxylic acids is 1. The van der Waals surface area contributed by atoms with Gasteiger partial charge in [-0.3, -0.25) is 9.69 Å². The lowest BCUT2D eigenvalue weighted by molar-refractivity contribution is -0.122. The summed E-state index contributed by atoms with van der Waals surface area (Å²) in [7, 11) is 1.84. The van der Waals surface area contributed by atoms with Crippen molar-refractivity contribution in [3.8, 4) is 0 Å². The number of aliphatic hydroxyl groups excluding tert-OH is 1. The van der Waals surface area contributed by atoms with Gasteiger partial charge in [0.15, 0.2) is 0 Å². The van der Waals surface area contributed by atoms with E-state index in [1.54, 1.807) is 19.1 Å². The van der Waals surface area contributed by atoms with Crippen LogP contribution in [0.5, 0.6) is 0 Å². The topological polar surface area (TPSA) is 52.6 Å². The van der Waals surface area contributed by atoms with E-state index < -0.39 is 0 Å². The molecule has 5 heteroatoms. The van der Waals surface area contributed by atoms with E-state index in [0.29, 0.717) is 13.0 Å². The molecule has 20 heavy (non-hydrogen) atoms. The highest BCUT2D eigenvalue weighted by Crippen LogP contribution is 2.12. The minimum absolute atomic E-state index is 0.0880. The zero-order chi connectivity index (χ0) is 15.1. The Hall–Kier alpha value is -1.46. The third kappa shape index (κ3) is 6.12. The summed E-state index contributed by atoms with van der Waals surface area (Å²) in [4.78, 5) is 13.7. The molecule has 1 rings (SSSR count). The number of hydrogen-bond acceptors (Lipinski definition) is 3. The molecule has 1 aromatic rings. The lowest BCUT2D eigenvalue weighted by Crippen LogP contribution is -2.37. The quantitative estimate of drug-likeness (QED) is 0.800. The summed E-state index contributed by atoms with van der Waals surface area (Å²) in [6, 6.07) is 5.93. The minimum Gasteiger partial charge on any atom is -0.393 e. The fraction of sp³-hybridized carbons (Fsp3) is 0.533. The first kappa shape index (κ1) is 16.6. The molecule has 0 aromatic heterocycles. The third-order valence-electron chi connectivity index (χ3n) is 3.09. The van der Waals surface area contributed by atoms with Gasteiger partial charge in [0.05, 0.1) is 18.7 Å². The summed E-state index contributed by atoms with van der Waals surface area (Å²) in [5.74, 6) is -0.375. The van der Waals surface area contributed by atoms with E-state index in [2.05, 4.69) is 5.32 Å². The van der Waals surface area contributed by atoms with E-state index in [4.69, 9.17) is 0 Å². The van der Waals surface area contributed by atoms with E-state index in [-0.39, 0.29) is 30.4 Å². The summed E-state index contributed by atoms with van der Waals surface area (Å²) < 4.78 is 12.8. The average molecular weight is 282 g/mol.